The molecule has 0 unspecified atom stereocenters. The number of ether oxygens (including phenoxy) is 3. The zero-order valence-electron chi connectivity index (χ0n) is 13.5. The molecule has 0 atom stereocenters. The summed E-state index contributed by atoms with van der Waals surface area (Å²) in [5, 5.41) is 10.0. The molecule has 2 rings (SSSR count). The molecule has 2 aromatic rings. The zero-order chi connectivity index (χ0) is 17.7. The van der Waals surface area contributed by atoms with Gasteiger partial charge in [0.25, 0.3) is 5.91 Å². The lowest BCUT2D eigenvalue weighted by atomic mass is 10.1. The molecule has 1 aromatic heterocycles. The van der Waals surface area contributed by atoms with Crippen molar-refractivity contribution in [1.82, 2.24) is 4.98 Å². The molecule has 126 valence electrons. The van der Waals surface area contributed by atoms with Gasteiger partial charge in [0.05, 0.1) is 21.3 Å². The summed E-state index contributed by atoms with van der Waals surface area (Å²) in [6.07, 6.45) is 0. The van der Waals surface area contributed by atoms with Crippen LogP contribution >= 0.6 is 0 Å². The number of pyridine rings is 1. The summed E-state index contributed by atoms with van der Waals surface area (Å²) < 4.78 is 15.7. The second-order valence-corrected chi connectivity index (χ2v) is 4.69. The van der Waals surface area contributed by atoms with E-state index in [1.807, 2.05) is 0 Å². The number of benzene rings is 1. The number of nitrogens with two attached hydrogens (primary N) is 1. The molecule has 0 saturated heterocycles. The Labute approximate surface area is 139 Å². The van der Waals surface area contributed by atoms with Gasteiger partial charge in [-0.25, -0.2) is 4.98 Å². The van der Waals surface area contributed by atoms with Crippen LogP contribution in [0.3, 0.4) is 0 Å². The van der Waals surface area contributed by atoms with Crippen LogP contribution in [-0.2, 0) is 0 Å². The van der Waals surface area contributed by atoms with Crippen molar-refractivity contribution in [1.29, 1.82) is 5.41 Å². The van der Waals surface area contributed by atoms with Crippen molar-refractivity contribution in [3.63, 3.8) is 0 Å². The number of carbonyl (C=O) groups excluding carboxylic acids is 1. The number of nitrogen functional groups attached to an aromatic ring is 1. The smallest absolute Gasteiger partial charge is 0.257 e. The fourth-order valence-electron chi connectivity index (χ4n) is 2.05. The lowest BCUT2D eigenvalue weighted by Gasteiger charge is -2.14. The maximum atomic E-state index is 12.4. The van der Waals surface area contributed by atoms with Crippen LogP contribution in [0.5, 0.6) is 17.2 Å². The molecule has 8 nitrogen and oxygen atoms in total. The Balaban J connectivity index is 2.33. The SMILES string of the molecule is COc1cc(C(=O)Nc2cccc(C(=N)N)n2)cc(OC)c1OC. The highest BCUT2D eigenvalue weighted by Crippen LogP contribution is 2.38. The standard InChI is InChI=1S/C16H18N4O4/c1-22-11-7-9(8-12(23-2)14(11)24-3)16(21)20-13-6-4-5-10(19-13)15(17)18/h4-8H,1-3H3,(H3,17,18)(H,19,20,21). The number of hydrogen-bond donors (Lipinski definition) is 3. The number of methoxy groups -OCH3 is 3. The van der Waals surface area contributed by atoms with E-state index in [1.165, 1.54) is 33.5 Å². The predicted octanol–water partition coefficient (Wildman–Crippen LogP) is 1.64. The van der Waals surface area contributed by atoms with Crippen LogP contribution < -0.4 is 25.3 Å². The number of amides is 1. The van der Waals surface area contributed by atoms with Gasteiger partial charge in [-0.15, -0.1) is 0 Å². The van der Waals surface area contributed by atoms with Crippen LogP contribution in [0.2, 0.25) is 0 Å². The molecule has 0 saturated carbocycles. The van der Waals surface area contributed by atoms with E-state index < -0.39 is 5.91 Å². The van der Waals surface area contributed by atoms with E-state index in [9.17, 15) is 4.79 Å². The van der Waals surface area contributed by atoms with Crippen LogP contribution in [0.15, 0.2) is 30.3 Å². The zero-order valence-corrected chi connectivity index (χ0v) is 13.5. The van der Waals surface area contributed by atoms with E-state index in [4.69, 9.17) is 25.4 Å². The van der Waals surface area contributed by atoms with Crippen LogP contribution in [0.4, 0.5) is 5.82 Å². The summed E-state index contributed by atoms with van der Waals surface area (Å²) in [5.41, 5.74) is 5.97. The number of carbonyl (C=O) groups is 1. The first-order valence-electron chi connectivity index (χ1n) is 6.93. The maximum Gasteiger partial charge on any atom is 0.257 e. The molecule has 0 radical (unpaired) electrons. The molecule has 24 heavy (non-hydrogen) atoms. The van der Waals surface area contributed by atoms with Crippen LogP contribution in [0.25, 0.3) is 0 Å². The second-order valence-electron chi connectivity index (χ2n) is 4.69. The van der Waals surface area contributed by atoms with E-state index >= 15 is 0 Å². The van der Waals surface area contributed by atoms with Gasteiger partial charge < -0.3 is 25.3 Å². The molecule has 0 fully saturated rings. The first-order chi connectivity index (χ1) is 11.5. The van der Waals surface area contributed by atoms with E-state index in [2.05, 4.69) is 10.3 Å². The summed E-state index contributed by atoms with van der Waals surface area (Å²) in [6, 6.07) is 7.89. The minimum Gasteiger partial charge on any atom is -0.493 e. The van der Waals surface area contributed by atoms with E-state index in [1.54, 1.807) is 18.2 Å². The number of nitrogens with one attached hydrogen (secondary N) is 2. The van der Waals surface area contributed by atoms with Crippen molar-refractivity contribution < 1.29 is 19.0 Å². The number of rotatable bonds is 6. The molecule has 0 spiro atoms. The highest BCUT2D eigenvalue weighted by molar-refractivity contribution is 6.05. The third kappa shape index (κ3) is 3.54. The van der Waals surface area contributed by atoms with Crippen LogP contribution in [0.1, 0.15) is 16.1 Å². The van der Waals surface area contributed by atoms with Crippen molar-refractivity contribution in [2.75, 3.05) is 26.6 Å². The average molecular weight is 330 g/mol. The Hall–Kier alpha value is -3.29. The van der Waals surface area contributed by atoms with E-state index in [0.717, 1.165) is 0 Å². The Morgan fingerprint density at radius 1 is 1.12 bits per heavy atom. The molecule has 4 N–H and O–H groups in total. The van der Waals surface area contributed by atoms with Gasteiger partial charge in [-0.1, -0.05) is 6.07 Å². The van der Waals surface area contributed by atoms with Crippen molar-refractivity contribution in [2.24, 2.45) is 5.73 Å². The molecule has 1 amide bonds. The largest absolute Gasteiger partial charge is 0.493 e. The van der Waals surface area contributed by atoms with Gasteiger partial charge >= 0.3 is 0 Å². The molecular weight excluding hydrogens is 312 g/mol. The third-order valence-electron chi connectivity index (χ3n) is 3.19. The van der Waals surface area contributed by atoms with Crippen LogP contribution in [-0.4, -0.2) is 38.1 Å². The Morgan fingerprint density at radius 2 is 1.75 bits per heavy atom. The lowest BCUT2D eigenvalue weighted by molar-refractivity contribution is 0.102. The monoisotopic (exact) mass is 330 g/mol. The van der Waals surface area contributed by atoms with Crippen molar-refractivity contribution in [3.05, 3.63) is 41.6 Å². The minimum atomic E-state index is -0.414. The first kappa shape index (κ1) is 17.1. The molecule has 1 aromatic carbocycles. The molecule has 0 aliphatic rings. The first-order valence-corrected chi connectivity index (χ1v) is 6.93. The molecule has 0 bridgehead atoms. The Bertz CT molecular complexity index is 751. The van der Waals surface area contributed by atoms with Gasteiger partial charge in [-0.3, -0.25) is 10.2 Å². The normalized spacial score (nSPS) is 9.96. The van der Waals surface area contributed by atoms with Gasteiger partial charge in [-0.05, 0) is 24.3 Å². The topological polar surface area (TPSA) is 120 Å². The number of amidine groups is 1. The van der Waals surface area contributed by atoms with Gasteiger partial charge in [0, 0.05) is 5.56 Å². The highest BCUT2D eigenvalue weighted by atomic mass is 16.5. The maximum absolute atomic E-state index is 12.4. The summed E-state index contributed by atoms with van der Waals surface area (Å²) in [5.74, 6) is 0.816. The molecule has 0 aliphatic heterocycles. The highest BCUT2D eigenvalue weighted by Gasteiger charge is 2.17. The van der Waals surface area contributed by atoms with Crippen molar-refractivity contribution >= 4 is 17.6 Å². The number of anilines is 1. The lowest BCUT2D eigenvalue weighted by Crippen LogP contribution is -2.17. The van der Waals surface area contributed by atoms with Gasteiger partial charge in [0.1, 0.15) is 17.3 Å². The predicted molar refractivity (Wildman–Crippen MR) is 89.3 cm³/mol. The minimum absolute atomic E-state index is 0.182. The summed E-state index contributed by atoms with van der Waals surface area (Å²) in [6.45, 7) is 0. The molecule has 0 aliphatic carbocycles. The number of hydrogen-bond acceptors (Lipinski definition) is 6. The van der Waals surface area contributed by atoms with E-state index in [0.29, 0.717) is 22.8 Å². The van der Waals surface area contributed by atoms with Gasteiger partial charge in [0.15, 0.2) is 11.5 Å². The fraction of sp³-hybridized carbons (Fsp3) is 0.188. The summed E-state index contributed by atoms with van der Waals surface area (Å²) in [4.78, 5) is 16.5. The second kappa shape index (κ2) is 7.32. The molecule has 1 heterocycles. The number of nitrogens with zero attached hydrogens (tertiary/aromatic N) is 1. The Morgan fingerprint density at radius 3 is 2.25 bits per heavy atom. The quantitative estimate of drug-likeness (QED) is 0.547. The van der Waals surface area contributed by atoms with E-state index in [-0.39, 0.29) is 17.3 Å². The summed E-state index contributed by atoms with van der Waals surface area (Å²) >= 11 is 0. The molecular formula is C16H18N4O4. The number of aromatic nitrogens is 1. The Kier molecular flexibility index (Phi) is 5.20. The van der Waals surface area contributed by atoms with Crippen LogP contribution in [0, 0.1) is 5.41 Å². The third-order valence-corrected chi connectivity index (χ3v) is 3.19. The van der Waals surface area contributed by atoms with Crippen molar-refractivity contribution in [2.45, 2.75) is 0 Å². The van der Waals surface area contributed by atoms with Gasteiger partial charge in [0.2, 0.25) is 5.75 Å². The summed E-state index contributed by atoms with van der Waals surface area (Å²) in [7, 11) is 4.42. The van der Waals surface area contributed by atoms with Crippen molar-refractivity contribution in [3.8, 4) is 17.2 Å². The van der Waals surface area contributed by atoms with Gasteiger partial charge in [-0.2, -0.15) is 0 Å². The molecule has 8 heteroatoms. The average Bonchev–Trinajstić information content (AvgIpc) is 2.60. The fourth-order valence-corrected chi connectivity index (χ4v) is 2.05.